The van der Waals surface area contributed by atoms with Crippen molar-refractivity contribution in [3.8, 4) is 0 Å². The van der Waals surface area contributed by atoms with E-state index in [0.29, 0.717) is 36.0 Å². The number of aliphatic hydroxyl groups excluding tert-OH is 2. The van der Waals surface area contributed by atoms with Crippen LogP contribution in [0.5, 0.6) is 0 Å². The number of hydrogen-bond acceptors (Lipinski definition) is 3. The summed E-state index contributed by atoms with van der Waals surface area (Å²) in [4.78, 5) is 0. The molecule has 0 amide bonds. The number of aliphatic hydroxyl groups is 3. The first-order chi connectivity index (χ1) is 14.4. The minimum Gasteiger partial charge on any atom is -0.393 e. The molecular formula is C28H44O3. The number of rotatable bonds is 4. The van der Waals surface area contributed by atoms with Crippen molar-refractivity contribution in [2.75, 3.05) is 0 Å². The van der Waals surface area contributed by atoms with Crippen molar-refractivity contribution in [3.63, 3.8) is 0 Å². The van der Waals surface area contributed by atoms with E-state index in [1.54, 1.807) is 0 Å². The molecule has 4 aliphatic carbocycles. The summed E-state index contributed by atoms with van der Waals surface area (Å²) in [5.41, 5.74) is 0.994. The maximum atomic E-state index is 11.5. The molecule has 0 aromatic heterocycles. The van der Waals surface area contributed by atoms with Crippen LogP contribution in [-0.4, -0.2) is 33.1 Å². The first kappa shape index (κ1) is 23.3. The second-order valence-electron chi connectivity index (χ2n) is 12.1. The molecule has 4 aliphatic rings. The SMILES string of the molecule is CC(C)[C@@H](C)/C=C/[C@@H](C)[C@H]1CC[C@H]2C3=C[C@@H](O)[C@]4(O)C[C@@H](O)CC[C@]4(C)C3=CC[C@]12C. The number of fused-ring (bicyclic) bond motifs is 5. The van der Waals surface area contributed by atoms with Crippen LogP contribution in [0.15, 0.2) is 35.5 Å². The third kappa shape index (κ3) is 3.42. The Morgan fingerprint density at radius 2 is 1.74 bits per heavy atom. The normalized spacial score (nSPS) is 46.8. The van der Waals surface area contributed by atoms with E-state index in [-0.39, 0.29) is 11.8 Å². The molecule has 0 spiro atoms. The van der Waals surface area contributed by atoms with Gasteiger partial charge in [0.05, 0.1) is 6.10 Å². The molecule has 0 radical (unpaired) electrons. The molecule has 174 valence electrons. The smallest absolute Gasteiger partial charge is 0.106 e. The fraction of sp³-hybridized carbons (Fsp3) is 0.786. The van der Waals surface area contributed by atoms with Gasteiger partial charge in [-0.1, -0.05) is 59.8 Å². The molecule has 0 heterocycles. The maximum absolute atomic E-state index is 11.5. The second kappa shape index (κ2) is 7.85. The topological polar surface area (TPSA) is 60.7 Å². The van der Waals surface area contributed by atoms with Gasteiger partial charge in [0.25, 0.3) is 0 Å². The minimum absolute atomic E-state index is 0.194. The lowest BCUT2D eigenvalue weighted by Crippen LogP contribution is -2.62. The Labute approximate surface area is 189 Å². The van der Waals surface area contributed by atoms with Gasteiger partial charge in [-0.25, -0.2) is 0 Å². The van der Waals surface area contributed by atoms with Crippen LogP contribution < -0.4 is 0 Å². The molecule has 3 heteroatoms. The summed E-state index contributed by atoms with van der Waals surface area (Å²) < 4.78 is 0. The molecule has 0 aromatic rings. The van der Waals surface area contributed by atoms with Gasteiger partial charge in [0.15, 0.2) is 0 Å². The summed E-state index contributed by atoms with van der Waals surface area (Å²) >= 11 is 0. The molecule has 3 nitrogen and oxygen atoms in total. The van der Waals surface area contributed by atoms with Crippen LogP contribution in [0.3, 0.4) is 0 Å². The van der Waals surface area contributed by atoms with Crippen LogP contribution in [0.1, 0.15) is 80.1 Å². The molecule has 3 N–H and O–H groups in total. The quantitative estimate of drug-likeness (QED) is 0.524. The van der Waals surface area contributed by atoms with Crippen LogP contribution in [-0.2, 0) is 0 Å². The van der Waals surface area contributed by atoms with Crippen LogP contribution in [0, 0.1) is 40.4 Å². The van der Waals surface area contributed by atoms with Crippen LogP contribution >= 0.6 is 0 Å². The van der Waals surface area contributed by atoms with E-state index in [1.807, 2.05) is 6.08 Å². The van der Waals surface area contributed by atoms with E-state index in [1.165, 1.54) is 17.6 Å². The highest BCUT2D eigenvalue weighted by Crippen LogP contribution is 2.65. The van der Waals surface area contributed by atoms with E-state index in [2.05, 4.69) is 59.8 Å². The fourth-order valence-electron chi connectivity index (χ4n) is 7.50. The summed E-state index contributed by atoms with van der Waals surface area (Å²) in [5.74, 6) is 2.88. The molecule has 0 aliphatic heterocycles. The Morgan fingerprint density at radius 1 is 1.03 bits per heavy atom. The Hall–Kier alpha value is -0.900. The molecule has 0 aromatic carbocycles. The predicted molar refractivity (Wildman–Crippen MR) is 126 cm³/mol. The van der Waals surface area contributed by atoms with Crippen LogP contribution in [0.2, 0.25) is 0 Å². The minimum atomic E-state index is -1.27. The van der Waals surface area contributed by atoms with E-state index >= 15 is 0 Å². The van der Waals surface area contributed by atoms with Crippen molar-refractivity contribution in [2.24, 2.45) is 40.4 Å². The van der Waals surface area contributed by atoms with Gasteiger partial charge in [-0.15, -0.1) is 0 Å². The Bertz CT molecular complexity index is 794. The van der Waals surface area contributed by atoms with Gasteiger partial charge in [0.2, 0.25) is 0 Å². The Morgan fingerprint density at radius 3 is 2.42 bits per heavy atom. The van der Waals surface area contributed by atoms with E-state index < -0.39 is 23.2 Å². The Kier molecular flexibility index (Phi) is 5.89. The zero-order valence-corrected chi connectivity index (χ0v) is 20.4. The zero-order chi connectivity index (χ0) is 22.8. The maximum Gasteiger partial charge on any atom is 0.106 e. The van der Waals surface area contributed by atoms with Gasteiger partial charge in [-0.2, -0.15) is 0 Å². The molecule has 9 atom stereocenters. The van der Waals surface area contributed by atoms with Crippen molar-refractivity contribution in [3.05, 3.63) is 35.5 Å². The highest BCUT2D eigenvalue weighted by molar-refractivity contribution is 5.50. The van der Waals surface area contributed by atoms with E-state index in [0.717, 1.165) is 19.3 Å². The summed E-state index contributed by atoms with van der Waals surface area (Å²) in [6.07, 6.45) is 12.9. The van der Waals surface area contributed by atoms with Gasteiger partial charge in [-0.05, 0) is 84.3 Å². The lowest BCUT2D eigenvalue weighted by molar-refractivity contribution is -0.173. The van der Waals surface area contributed by atoms with Crippen molar-refractivity contribution in [1.82, 2.24) is 0 Å². The largest absolute Gasteiger partial charge is 0.393 e. The second-order valence-corrected chi connectivity index (χ2v) is 12.1. The highest BCUT2D eigenvalue weighted by atomic mass is 16.3. The lowest BCUT2D eigenvalue weighted by Gasteiger charge is -2.58. The molecular weight excluding hydrogens is 384 g/mol. The molecule has 2 fully saturated rings. The van der Waals surface area contributed by atoms with Gasteiger partial charge in [-0.3, -0.25) is 0 Å². The van der Waals surface area contributed by atoms with Crippen molar-refractivity contribution in [1.29, 1.82) is 0 Å². The summed E-state index contributed by atoms with van der Waals surface area (Å²) in [5, 5.41) is 32.9. The number of allylic oxidation sites excluding steroid dienone is 4. The monoisotopic (exact) mass is 428 g/mol. The van der Waals surface area contributed by atoms with E-state index in [4.69, 9.17) is 0 Å². The van der Waals surface area contributed by atoms with Crippen molar-refractivity contribution < 1.29 is 15.3 Å². The first-order valence-electron chi connectivity index (χ1n) is 12.6. The lowest BCUT2D eigenvalue weighted by atomic mass is 9.49. The average molecular weight is 429 g/mol. The molecule has 2 saturated carbocycles. The Balaban J connectivity index is 1.65. The van der Waals surface area contributed by atoms with Crippen molar-refractivity contribution >= 4 is 0 Å². The average Bonchev–Trinajstić information content (AvgIpc) is 3.05. The van der Waals surface area contributed by atoms with Gasteiger partial charge in [0, 0.05) is 11.8 Å². The van der Waals surface area contributed by atoms with Gasteiger partial charge >= 0.3 is 0 Å². The summed E-state index contributed by atoms with van der Waals surface area (Å²) in [6.45, 7) is 13.8. The summed E-state index contributed by atoms with van der Waals surface area (Å²) in [7, 11) is 0. The molecule has 31 heavy (non-hydrogen) atoms. The van der Waals surface area contributed by atoms with Crippen LogP contribution in [0.4, 0.5) is 0 Å². The van der Waals surface area contributed by atoms with Gasteiger partial charge < -0.3 is 15.3 Å². The fourth-order valence-corrected chi connectivity index (χ4v) is 7.50. The van der Waals surface area contributed by atoms with Gasteiger partial charge in [0.1, 0.15) is 11.7 Å². The molecule has 0 bridgehead atoms. The molecule has 4 rings (SSSR count). The standard InChI is InChI=1S/C28H44O3/c1-17(2)18(3)7-8-19(4)22-9-10-23-21-15-25(30)28(31)16-20(29)11-14-27(28,6)24(21)12-13-26(22,23)5/h7-8,12,15,17-20,22-23,25,29-31H,9-11,13-14,16H2,1-6H3/b8-7+/t18-,19+,20-,22+,23-,25+,26+,27+,28+/m0/s1. The van der Waals surface area contributed by atoms with Crippen molar-refractivity contribution in [2.45, 2.75) is 97.9 Å². The third-order valence-electron chi connectivity index (χ3n) is 10.1. The highest BCUT2D eigenvalue weighted by Gasteiger charge is 2.62. The zero-order valence-electron chi connectivity index (χ0n) is 20.4. The molecule has 0 unspecified atom stereocenters. The van der Waals surface area contributed by atoms with Crippen LogP contribution in [0.25, 0.3) is 0 Å². The number of hydrogen-bond donors (Lipinski definition) is 3. The van der Waals surface area contributed by atoms with E-state index in [9.17, 15) is 15.3 Å². The first-order valence-corrected chi connectivity index (χ1v) is 12.6. The summed E-state index contributed by atoms with van der Waals surface area (Å²) in [6, 6.07) is 0. The molecule has 0 saturated heterocycles. The predicted octanol–water partition coefficient (Wildman–Crippen LogP) is 5.42. The third-order valence-corrected chi connectivity index (χ3v) is 10.1.